The summed E-state index contributed by atoms with van der Waals surface area (Å²) in [6.45, 7) is 2.05. The van der Waals surface area contributed by atoms with Crippen LogP contribution in [0.1, 0.15) is 43.9 Å². The van der Waals surface area contributed by atoms with Crippen molar-refractivity contribution in [3.05, 3.63) is 47.7 Å². The summed E-state index contributed by atoms with van der Waals surface area (Å²) in [6.07, 6.45) is 6.29. The van der Waals surface area contributed by atoms with E-state index >= 15 is 0 Å². The van der Waals surface area contributed by atoms with Gasteiger partial charge in [0.2, 0.25) is 0 Å². The highest BCUT2D eigenvalue weighted by atomic mass is 32.2. The fourth-order valence-corrected chi connectivity index (χ4v) is 5.21. The van der Waals surface area contributed by atoms with Crippen LogP contribution in [0.15, 0.2) is 41.3 Å². The van der Waals surface area contributed by atoms with Gasteiger partial charge in [-0.1, -0.05) is 31.9 Å². The van der Waals surface area contributed by atoms with Crippen LogP contribution in [0.5, 0.6) is 0 Å². The van der Waals surface area contributed by atoms with E-state index < -0.39 is 9.84 Å². The lowest BCUT2D eigenvalue weighted by Crippen LogP contribution is -2.20. The van der Waals surface area contributed by atoms with E-state index in [0.29, 0.717) is 22.5 Å². The molecule has 2 heterocycles. The standard InChI is InChI=1S/C22H24N4O2S/c1-3-18-11-12-19-20(16-8-6-7-15(13-16)14-23)21(29(2,27)28)22(25-26(18)19)24-17-9-4-5-10-17/h6-8,11-13,17H,3-5,9-10H2,1-2H3,(H,24,25). The molecule has 1 aliphatic carbocycles. The van der Waals surface area contributed by atoms with Crippen LogP contribution in [0.4, 0.5) is 5.82 Å². The molecule has 6 nitrogen and oxygen atoms in total. The Morgan fingerprint density at radius 1 is 1.24 bits per heavy atom. The van der Waals surface area contributed by atoms with Gasteiger partial charge in [0.25, 0.3) is 0 Å². The number of nitrogens with zero attached hydrogens (tertiary/aromatic N) is 3. The van der Waals surface area contributed by atoms with Crippen molar-refractivity contribution in [2.24, 2.45) is 0 Å². The van der Waals surface area contributed by atoms with Gasteiger partial charge in [-0.25, -0.2) is 12.9 Å². The smallest absolute Gasteiger partial charge is 0.179 e. The number of hydrogen-bond acceptors (Lipinski definition) is 5. The van der Waals surface area contributed by atoms with Crippen LogP contribution in [0.25, 0.3) is 16.6 Å². The molecule has 150 valence electrons. The molecule has 1 fully saturated rings. The minimum atomic E-state index is -3.58. The van der Waals surface area contributed by atoms with Gasteiger partial charge < -0.3 is 5.32 Å². The van der Waals surface area contributed by atoms with E-state index in [1.54, 1.807) is 18.2 Å². The number of fused-ring (bicyclic) bond motifs is 1. The zero-order valence-electron chi connectivity index (χ0n) is 16.6. The second-order valence-corrected chi connectivity index (χ2v) is 9.57. The Balaban J connectivity index is 2.07. The number of anilines is 1. The van der Waals surface area contributed by atoms with Crippen molar-refractivity contribution in [1.29, 1.82) is 5.26 Å². The average Bonchev–Trinajstić information content (AvgIpc) is 3.35. The Morgan fingerprint density at radius 2 is 2.00 bits per heavy atom. The van der Waals surface area contributed by atoms with Gasteiger partial charge in [0.1, 0.15) is 4.90 Å². The quantitative estimate of drug-likeness (QED) is 0.684. The highest BCUT2D eigenvalue weighted by Gasteiger charge is 2.27. The van der Waals surface area contributed by atoms with Crippen molar-refractivity contribution in [3.63, 3.8) is 0 Å². The molecule has 1 saturated carbocycles. The minimum Gasteiger partial charge on any atom is -0.365 e. The van der Waals surface area contributed by atoms with Crippen molar-refractivity contribution < 1.29 is 8.42 Å². The molecular weight excluding hydrogens is 384 g/mol. The Bertz CT molecular complexity index is 1220. The van der Waals surface area contributed by atoms with Crippen molar-refractivity contribution >= 4 is 21.2 Å². The normalized spacial score (nSPS) is 14.9. The second kappa shape index (κ2) is 7.53. The molecule has 29 heavy (non-hydrogen) atoms. The number of sulfone groups is 1. The molecule has 0 bridgehead atoms. The molecule has 0 spiro atoms. The van der Waals surface area contributed by atoms with Crippen LogP contribution in [-0.4, -0.2) is 30.3 Å². The summed E-state index contributed by atoms with van der Waals surface area (Å²) in [4.78, 5) is 0.202. The van der Waals surface area contributed by atoms with Crippen LogP contribution in [0.2, 0.25) is 0 Å². The summed E-state index contributed by atoms with van der Waals surface area (Å²) in [7, 11) is -3.58. The maximum absolute atomic E-state index is 12.9. The van der Waals surface area contributed by atoms with Crippen molar-refractivity contribution in [2.75, 3.05) is 11.6 Å². The molecule has 3 aromatic rings. The maximum Gasteiger partial charge on any atom is 0.179 e. The number of aromatic nitrogens is 2. The molecule has 0 amide bonds. The van der Waals surface area contributed by atoms with Crippen molar-refractivity contribution in [3.8, 4) is 17.2 Å². The van der Waals surface area contributed by atoms with E-state index in [1.807, 2.05) is 29.6 Å². The molecule has 0 radical (unpaired) electrons. The monoisotopic (exact) mass is 408 g/mol. The molecular formula is C22H24N4O2S. The maximum atomic E-state index is 12.9. The van der Waals surface area contributed by atoms with E-state index in [9.17, 15) is 13.7 Å². The fraction of sp³-hybridized carbons (Fsp3) is 0.364. The van der Waals surface area contributed by atoms with E-state index in [2.05, 4.69) is 11.4 Å². The molecule has 1 aliphatic rings. The minimum absolute atomic E-state index is 0.202. The zero-order chi connectivity index (χ0) is 20.6. The van der Waals surface area contributed by atoms with Crippen LogP contribution >= 0.6 is 0 Å². The first-order valence-electron chi connectivity index (χ1n) is 9.94. The zero-order valence-corrected chi connectivity index (χ0v) is 17.5. The fourth-order valence-electron chi connectivity index (χ4n) is 4.17. The van der Waals surface area contributed by atoms with Gasteiger partial charge in [-0.05, 0) is 49.1 Å². The third-order valence-corrected chi connectivity index (χ3v) is 6.68. The SMILES string of the molecule is CCc1ccc2c(-c3cccc(C#N)c3)c(S(C)(=O)=O)c(NC3CCCC3)nn12. The summed E-state index contributed by atoms with van der Waals surface area (Å²) >= 11 is 0. The molecule has 0 aliphatic heterocycles. The first-order chi connectivity index (χ1) is 13.9. The summed E-state index contributed by atoms with van der Waals surface area (Å²) in [5.41, 5.74) is 3.53. The number of nitrogens with one attached hydrogen (secondary N) is 1. The molecule has 4 rings (SSSR count). The molecule has 1 aromatic carbocycles. The van der Waals surface area contributed by atoms with Gasteiger partial charge in [0, 0.05) is 23.6 Å². The second-order valence-electron chi connectivity index (χ2n) is 7.62. The van der Waals surface area contributed by atoms with Crippen LogP contribution in [0.3, 0.4) is 0 Å². The first kappa shape index (κ1) is 19.5. The van der Waals surface area contributed by atoms with E-state index in [0.717, 1.165) is 43.3 Å². The van der Waals surface area contributed by atoms with E-state index in [-0.39, 0.29) is 10.9 Å². The Morgan fingerprint density at radius 3 is 2.66 bits per heavy atom. The summed E-state index contributed by atoms with van der Waals surface area (Å²) < 4.78 is 27.7. The highest BCUT2D eigenvalue weighted by molar-refractivity contribution is 7.91. The summed E-state index contributed by atoms with van der Waals surface area (Å²) in [6, 6.07) is 13.3. The Kier molecular flexibility index (Phi) is 5.05. The number of hydrogen-bond donors (Lipinski definition) is 1. The predicted octanol–water partition coefficient (Wildman–Crippen LogP) is 4.19. The Hall–Kier alpha value is -2.85. The number of nitriles is 1. The van der Waals surface area contributed by atoms with Crippen LogP contribution < -0.4 is 5.32 Å². The Labute approximate surface area is 171 Å². The molecule has 0 unspecified atom stereocenters. The van der Waals surface area contributed by atoms with Crippen LogP contribution in [-0.2, 0) is 16.3 Å². The van der Waals surface area contributed by atoms with Gasteiger partial charge in [-0.2, -0.15) is 5.26 Å². The number of aryl methyl sites for hydroxylation is 1. The molecule has 7 heteroatoms. The third kappa shape index (κ3) is 3.60. The van der Waals surface area contributed by atoms with E-state index in [4.69, 9.17) is 5.10 Å². The van der Waals surface area contributed by atoms with Gasteiger partial charge >= 0.3 is 0 Å². The third-order valence-electron chi connectivity index (χ3n) is 5.54. The topological polar surface area (TPSA) is 87.3 Å². The highest BCUT2D eigenvalue weighted by Crippen LogP contribution is 2.38. The van der Waals surface area contributed by atoms with Gasteiger partial charge in [0.05, 0.1) is 17.1 Å². The first-order valence-corrected chi connectivity index (χ1v) is 11.8. The molecule has 0 saturated heterocycles. The summed E-state index contributed by atoms with van der Waals surface area (Å²) in [5, 5.41) is 17.5. The lowest BCUT2D eigenvalue weighted by atomic mass is 10.0. The molecule has 1 N–H and O–H groups in total. The lowest BCUT2D eigenvalue weighted by molar-refractivity contribution is 0.601. The molecule has 0 atom stereocenters. The number of benzene rings is 1. The van der Waals surface area contributed by atoms with Crippen molar-refractivity contribution in [2.45, 2.75) is 50.0 Å². The van der Waals surface area contributed by atoms with Gasteiger partial charge in [-0.15, -0.1) is 5.10 Å². The number of rotatable bonds is 5. The van der Waals surface area contributed by atoms with Crippen LogP contribution in [0, 0.1) is 11.3 Å². The lowest BCUT2D eigenvalue weighted by Gasteiger charge is -2.20. The predicted molar refractivity (Wildman–Crippen MR) is 114 cm³/mol. The van der Waals surface area contributed by atoms with E-state index in [1.165, 1.54) is 6.26 Å². The van der Waals surface area contributed by atoms with Gasteiger partial charge in [0.15, 0.2) is 15.7 Å². The summed E-state index contributed by atoms with van der Waals surface area (Å²) in [5.74, 6) is 0.398. The molecule has 2 aromatic heterocycles. The van der Waals surface area contributed by atoms with Gasteiger partial charge in [-0.3, -0.25) is 0 Å². The average molecular weight is 409 g/mol. The van der Waals surface area contributed by atoms with Crippen molar-refractivity contribution in [1.82, 2.24) is 9.61 Å². The largest absolute Gasteiger partial charge is 0.365 e.